The Bertz CT molecular complexity index is 551. The van der Waals surface area contributed by atoms with Gasteiger partial charge in [0.05, 0.1) is 0 Å². The van der Waals surface area contributed by atoms with Crippen LogP contribution in [0.4, 0.5) is 0 Å². The quantitative estimate of drug-likeness (QED) is 0.650. The van der Waals surface area contributed by atoms with Gasteiger partial charge in [-0.1, -0.05) is 36.4 Å². The molecular weight excluding hydrogens is 220 g/mol. The molecule has 4 nitrogen and oxygen atoms in total. The standard InChI is InChI=1S/C11H10N4S/c16-11-14-12-9-15(11)13-8-4-7-10-5-2-1-3-6-10/h1-9H,(H,14,16)/b7-4+,13-8+. The van der Waals surface area contributed by atoms with Crippen LogP contribution in [-0.2, 0) is 0 Å². The first-order valence-corrected chi connectivity index (χ1v) is 5.15. The molecule has 1 aromatic heterocycles. The molecule has 0 aliphatic rings. The van der Waals surface area contributed by atoms with E-state index < -0.39 is 0 Å². The molecule has 2 aromatic rings. The van der Waals surface area contributed by atoms with E-state index in [4.69, 9.17) is 12.2 Å². The summed E-state index contributed by atoms with van der Waals surface area (Å²) in [7, 11) is 0. The van der Waals surface area contributed by atoms with Crippen molar-refractivity contribution in [2.45, 2.75) is 0 Å². The minimum absolute atomic E-state index is 0.476. The first-order chi connectivity index (χ1) is 7.86. The van der Waals surface area contributed by atoms with E-state index >= 15 is 0 Å². The van der Waals surface area contributed by atoms with Crippen molar-refractivity contribution in [2.75, 3.05) is 0 Å². The van der Waals surface area contributed by atoms with Crippen LogP contribution in [0.3, 0.4) is 0 Å². The summed E-state index contributed by atoms with van der Waals surface area (Å²) in [4.78, 5) is 0. The number of aromatic amines is 1. The molecule has 0 bridgehead atoms. The summed E-state index contributed by atoms with van der Waals surface area (Å²) < 4.78 is 1.97. The average Bonchev–Trinajstić information content (AvgIpc) is 2.72. The Morgan fingerprint density at radius 3 is 2.81 bits per heavy atom. The monoisotopic (exact) mass is 230 g/mol. The molecule has 0 aliphatic heterocycles. The van der Waals surface area contributed by atoms with Crippen LogP contribution in [0.25, 0.3) is 6.08 Å². The molecule has 0 saturated carbocycles. The Morgan fingerprint density at radius 2 is 2.12 bits per heavy atom. The summed E-state index contributed by atoms with van der Waals surface area (Å²) in [5.74, 6) is 0. The van der Waals surface area contributed by atoms with Crippen LogP contribution < -0.4 is 0 Å². The summed E-state index contributed by atoms with van der Waals surface area (Å²) in [5, 5.41) is 10.5. The molecule has 0 spiro atoms. The predicted octanol–water partition coefficient (Wildman–Crippen LogP) is 2.49. The lowest BCUT2D eigenvalue weighted by molar-refractivity contribution is 0.863. The topological polar surface area (TPSA) is 46.0 Å². The van der Waals surface area contributed by atoms with Crippen molar-refractivity contribution in [3.05, 3.63) is 53.1 Å². The van der Waals surface area contributed by atoms with Gasteiger partial charge in [-0.25, -0.2) is 0 Å². The SMILES string of the molecule is S=c1[nH]ncn1/N=C/C=C/c1ccccc1. The number of rotatable bonds is 3. The van der Waals surface area contributed by atoms with Gasteiger partial charge < -0.3 is 0 Å². The number of allylic oxidation sites excluding steroid dienone is 1. The van der Waals surface area contributed by atoms with Crippen LogP contribution in [0.2, 0.25) is 0 Å². The largest absolute Gasteiger partial charge is 0.250 e. The number of nitrogens with zero attached hydrogens (tertiary/aromatic N) is 3. The van der Waals surface area contributed by atoms with Gasteiger partial charge in [0, 0.05) is 6.21 Å². The highest BCUT2D eigenvalue weighted by Crippen LogP contribution is 1.99. The van der Waals surface area contributed by atoms with Crippen molar-refractivity contribution in [3.8, 4) is 0 Å². The zero-order chi connectivity index (χ0) is 11.2. The number of hydrogen-bond acceptors (Lipinski definition) is 3. The third-order valence-electron chi connectivity index (χ3n) is 1.90. The Balaban J connectivity index is 2.03. The van der Waals surface area contributed by atoms with Crippen molar-refractivity contribution in [1.82, 2.24) is 14.9 Å². The van der Waals surface area contributed by atoms with Crippen molar-refractivity contribution >= 4 is 24.5 Å². The highest BCUT2D eigenvalue weighted by atomic mass is 32.1. The lowest BCUT2D eigenvalue weighted by Gasteiger charge is -1.89. The van der Waals surface area contributed by atoms with Gasteiger partial charge in [-0.2, -0.15) is 14.9 Å². The second kappa shape index (κ2) is 5.18. The van der Waals surface area contributed by atoms with E-state index in [0.29, 0.717) is 4.77 Å². The molecular formula is C11H10N4S. The van der Waals surface area contributed by atoms with E-state index in [-0.39, 0.29) is 0 Å². The number of H-pyrrole nitrogens is 1. The summed E-state index contributed by atoms with van der Waals surface area (Å²) in [5.41, 5.74) is 1.13. The highest BCUT2D eigenvalue weighted by Gasteiger charge is 1.85. The van der Waals surface area contributed by atoms with Crippen molar-refractivity contribution < 1.29 is 0 Å². The van der Waals surface area contributed by atoms with E-state index in [9.17, 15) is 0 Å². The first-order valence-electron chi connectivity index (χ1n) is 4.74. The summed E-state index contributed by atoms with van der Waals surface area (Å²) >= 11 is 4.94. The third-order valence-corrected chi connectivity index (χ3v) is 2.18. The fourth-order valence-corrected chi connectivity index (χ4v) is 1.30. The lowest BCUT2D eigenvalue weighted by atomic mass is 10.2. The Hall–Kier alpha value is -2.01. The van der Waals surface area contributed by atoms with E-state index in [0.717, 1.165) is 5.56 Å². The van der Waals surface area contributed by atoms with E-state index in [1.54, 1.807) is 6.21 Å². The normalized spacial score (nSPS) is 11.5. The van der Waals surface area contributed by atoms with Gasteiger partial charge in [-0.15, -0.1) is 0 Å². The average molecular weight is 230 g/mol. The maximum absolute atomic E-state index is 4.94. The van der Waals surface area contributed by atoms with Gasteiger partial charge in [-0.3, -0.25) is 5.10 Å². The van der Waals surface area contributed by atoms with Crippen LogP contribution in [0.5, 0.6) is 0 Å². The van der Waals surface area contributed by atoms with Gasteiger partial charge in [0.2, 0.25) is 4.77 Å². The Morgan fingerprint density at radius 1 is 1.31 bits per heavy atom. The van der Waals surface area contributed by atoms with Gasteiger partial charge >= 0.3 is 0 Å². The fourth-order valence-electron chi connectivity index (χ4n) is 1.15. The molecule has 80 valence electrons. The molecule has 0 radical (unpaired) electrons. The van der Waals surface area contributed by atoms with Crippen LogP contribution in [0, 0.1) is 4.77 Å². The summed E-state index contributed by atoms with van der Waals surface area (Å²) in [6.45, 7) is 0. The van der Waals surface area contributed by atoms with Crippen LogP contribution in [0.1, 0.15) is 5.56 Å². The van der Waals surface area contributed by atoms with Gasteiger partial charge in [0.1, 0.15) is 6.33 Å². The number of aromatic nitrogens is 3. The van der Waals surface area contributed by atoms with Crippen LogP contribution >= 0.6 is 12.2 Å². The molecule has 2 rings (SSSR count). The maximum atomic E-state index is 4.94. The number of nitrogens with one attached hydrogen (secondary N) is 1. The number of hydrogen-bond donors (Lipinski definition) is 1. The van der Waals surface area contributed by atoms with Crippen LogP contribution in [-0.4, -0.2) is 21.1 Å². The maximum Gasteiger partial charge on any atom is 0.216 e. The lowest BCUT2D eigenvalue weighted by Crippen LogP contribution is -1.85. The minimum atomic E-state index is 0.476. The third kappa shape index (κ3) is 2.74. The second-order valence-corrected chi connectivity index (χ2v) is 3.43. The smallest absolute Gasteiger partial charge is 0.216 e. The van der Waals surface area contributed by atoms with E-state index in [1.165, 1.54) is 11.0 Å². The van der Waals surface area contributed by atoms with Crippen LogP contribution in [0.15, 0.2) is 47.8 Å². The summed E-state index contributed by atoms with van der Waals surface area (Å²) in [6, 6.07) is 10.0. The van der Waals surface area contributed by atoms with E-state index in [2.05, 4.69) is 15.3 Å². The summed E-state index contributed by atoms with van der Waals surface area (Å²) in [6.07, 6.45) is 7.00. The highest BCUT2D eigenvalue weighted by molar-refractivity contribution is 7.71. The van der Waals surface area contributed by atoms with Gasteiger partial charge in [0.15, 0.2) is 0 Å². The van der Waals surface area contributed by atoms with Crippen molar-refractivity contribution in [3.63, 3.8) is 0 Å². The molecule has 16 heavy (non-hydrogen) atoms. The zero-order valence-electron chi connectivity index (χ0n) is 8.45. The molecule has 1 aromatic carbocycles. The second-order valence-electron chi connectivity index (χ2n) is 3.04. The molecule has 0 saturated heterocycles. The zero-order valence-corrected chi connectivity index (χ0v) is 9.26. The molecule has 0 atom stereocenters. The van der Waals surface area contributed by atoms with Gasteiger partial charge in [-0.05, 0) is 23.9 Å². The molecule has 0 unspecified atom stereocenters. The van der Waals surface area contributed by atoms with Gasteiger partial charge in [0.25, 0.3) is 0 Å². The fraction of sp³-hybridized carbons (Fsp3) is 0. The van der Waals surface area contributed by atoms with E-state index in [1.807, 2.05) is 42.5 Å². The minimum Gasteiger partial charge on any atom is -0.250 e. The first kappa shape index (κ1) is 10.5. The molecule has 0 aliphatic carbocycles. The molecule has 1 heterocycles. The predicted molar refractivity (Wildman–Crippen MR) is 66.8 cm³/mol. The molecule has 1 N–H and O–H groups in total. The Kier molecular flexibility index (Phi) is 3.40. The van der Waals surface area contributed by atoms with Crippen molar-refractivity contribution in [2.24, 2.45) is 5.10 Å². The number of benzene rings is 1. The van der Waals surface area contributed by atoms with Crippen molar-refractivity contribution in [1.29, 1.82) is 0 Å². The molecule has 0 amide bonds. The molecule has 0 fully saturated rings. The Labute approximate surface area is 97.9 Å². The molecule has 5 heteroatoms.